The first-order chi connectivity index (χ1) is 12.3. The second kappa shape index (κ2) is 6.78. The number of rotatable bonds is 7. The van der Waals surface area contributed by atoms with Gasteiger partial charge >= 0.3 is 12.0 Å². The van der Waals surface area contributed by atoms with Crippen LogP contribution < -0.4 is 10.6 Å². The Morgan fingerprint density at radius 3 is 2.54 bits per heavy atom. The zero-order valence-electron chi connectivity index (χ0n) is 14.4. The molecule has 0 bridgehead atoms. The lowest BCUT2D eigenvalue weighted by Gasteiger charge is -2.21. The number of amides is 4. The minimum absolute atomic E-state index is 0.0943. The van der Waals surface area contributed by atoms with Crippen molar-refractivity contribution < 1.29 is 24.3 Å². The first kappa shape index (κ1) is 17.9. The van der Waals surface area contributed by atoms with Gasteiger partial charge in [-0.15, -0.1) is 0 Å². The highest BCUT2D eigenvalue weighted by Gasteiger charge is 2.56. The molecule has 1 aromatic rings. The fourth-order valence-electron chi connectivity index (χ4n) is 3.23. The van der Waals surface area contributed by atoms with Crippen LogP contribution >= 0.6 is 0 Å². The van der Waals surface area contributed by atoms with Gasteiger partial charge in [-0.05, 0) is 31.2 Å². The SMILES string of the molecule is CC1(C2CC2)NC(=O)N(CC(=O)N[C@@H](Cc2ccccc2)C(=O)O)C1=O. The van der Waals surface area contributed by atoms with Crippen LogP contribution in [0.4, 0.5) is 4.79 Å². The summed E-state index contributed by atoms with van der Waals surface area (Å²) in [5.41, 5.74) is -0.204. The van der Waals surface area contributed by atoms with Crippen LogP contribution in [0.15, 0.2) is 30.3 Å². The van der Waals surface area contributed by atoms with E-state index in [2.05, 4.69) is 10.6 Å². The summed E-state index contributed by atoms with van der Waals surface area (Å²) in [5.74, 6) is -2.20. The zero-order valence-corrected chi connectivity index (χ0v) is 14.4. The maximum atomic E-state index is 12.5. The predicted molar refractivity (Wildman–Crippen MR) is 91.1 cm³/mol. The van der Waals surface area contributed by atoms with E-state index in [1.165, 1.54) is 0 Å². The van der Waals surface area contributed by atoms with Crippen molar-refractivity contribution in [3.05, 3.63) is 35.9 Å². The van der Waals surface area contributed by atoms with Crippen LogP contribution in [0.3, 0.4) is 0 Å². The second-order valence-corrected chi connectivity index (χ2v) is 6.95. The average molecular weight is 359 g/mol. The van der Waals surface area contributed by atoms with Gasteiger partial charge in [0.25, 0.3) is 5.91 Å². The number of urea groups is 1. The van der Waals surface area contributed by atoms with Crippen LogP contribution in [0, 0.1) is 5.92 Å². The number of aliphatic carboxylic acids is 1. The minimum atomic E-state index is -1.18. The highest BCUT2D eigenvalue weighted by Crippen LogP contribution is 2.42. The van der Waals surface area contributed by atoms with Crippen molar-refractivity contribution in [2.24, 2.45) is 5.92 Å². The molecule has 2 fully saturated rings. The van der Waals surface area contributed by atoms with Gasteiger partial charge in [0.05, 0.1) is 0 Å². The summed E-state index contributed by atoms with van der Waals surface area (Å²) in [6, 6.07) is 7.15. The molecule has 2 aliphatic rings. The van der Waals surface area contributed by atoms with Crippen LogP contribution in [0.1, 0.15) is 25.3 Å². The first-order valence-corrected chi connectivity index (χ1v) is 8.51. The standard InChI is InChI=1S/C18H21N3O5/c1-18(12-7-8-12)16(25)21(17(26)20-18)10-14(22)19-13(15(23)24)9-11-5-3-2-4-6-11/h2-6,12-13H,7-10H2,1H3,(H,19,22)(H,20,26)(H,23,24)/t13-,18?/m0/s1. The number of hydrogen-bond donors (Lipinski definition) is 3. The Hall–Kier alpha value is -2.90. The maximum absolute atomic E-state index is 12.5. The van der Waals surface area contributed by atoms with Crippen molar-refractivity contribution in [3.8, 4) is 0 Å². The van der Waals surface area contributed by atoms with Crippen molar-refractivity contribution in [1.82, 2.24) is 15.5 Å². The van der Waals surface area contributed by atoms with Gasteiger partial charge in [0, 0.05) is 6.42 Å². The summed E-state index contributed by atoms with van der Waals surface area (Å²) < 4.78 is 0. The molecule has 4 amide bonds. The largest absolute Gasteiger partial charge is 0.480 e. The number of carboxylic acids is 1. The van der Waals surface area contributed by atoms with Crippen molar-refractivity contribution in [2.75, 3.05) is 6.54 Å². The van der Waals surface area contributed by atoms with Gasteiger partial charge < -0.3 is 15.7 Å². The van der Waals surface area contributed by atoms with Gasteiger partial charge in [-0.2, -0.15) is 0 Å². The summed E-state index contributed by atoms with van der Waals surface area (Å²) in [6.45, 7) is 1.17. The Bertz CT molecular complexity index is 746. The third-order valence-corrected chi connectivity index (χ3v) is 4.91. The summed E-state index contributed by atoms with van der Waals surface area (Å²) >= 11 is 0. The smallest absolute Gasteiger partial charge is 0.326 e. The minimum Gasteiger partial charge on any atom is -0.480 e. The van der Waals surface area contributed by atoms with Crippen LogP contribution in [-0.2, 0) is 20.8 Å². The fourth-order valence-corrected chi connectivity index (χ4v) is 3.23. The molecule has 1 aliphatic carbocycles. The summed E-state index contributed by atoms with van der Waals surface area (Å²) in [6.07, 6.45) is 1.84. The highest BCUT2D eigenvalue weighted by molar-refractivity contribution is 6.09. The molecule has 1 aliphatic heterocycles. The molecule has 1 saturated heterocycles. The molecular formula is C18H21N3O5. The molecule has 1 saturated carbocycles. The van der Waals surface area contributed by atoms with Crippen molar-refractivity contribution in [2.45, 2.75) is 37.8 Å². The summed E-state index contributed by atoms with van der Waals surface area (Å²) in [5, 5.41) is 14.4. The molecule has 3 rings (SSSR count). The van der Waals surface area contributed by atoms with E-state index in [1.54, 1.807) is 31.2 Å². The Morgan fingerprint density at radius 1 is 1.31 bits per heavy atom. The summed E-state index contributed by atoms with van der Waals surface area (Å²) in [4.78, 5) is 49.1. The van der Waals surface area contributed by atoms with Gasteiger partial charge in [-0.1, -0.05) is 30.3 Å². The van der Waals surface area contributed by atoms with E-state index in [0.29, 0.717) is 0 Å². The molecular weight excluding hydrogens is 338 g/mol. The third kappa shape index (κ3) is 3.54. The molecule has 3 N–H and O–H groups in total. The van der Waals surface area contributed by atoms with Gasteiger partial charge in [0.15, 0.2) is 0 Å². The Morgan fingerprint density at radius 2 is 1.96 bits per heavy atom. The average Bonchev–Trinajstić information content (AvgIpc) is 3.41. The number of hydrogen-bond acceptors (Lipinski definition) is 4. The molecule has 0 aromatic heterocycles. The molecule has 8 heteroatoms. The lowest BCUT2D eigenvalue weighted by molar-refractivity contribution is -0.142. The van der Waals surface area contributed by atoms with Crippen molar-refractivity contribution >= 4 is 23.8 Å². The topological polar surface area (TPSA) is 116 Å². The molecule has 1 unspecified atom stereocenters. The second-order valence-electron chi connectivity index (χ2n) is 6.95. The number of imide groups is 1. The molecule has 0 spiro atoms. The van der Waals surface area contributed by atoms with Crippen LogP contribution in [0.5, 0.6) is 0 Å². The van der Waals surface area contributed by atoms with E-state index >= 15 is 0 Å². The Labute approximate surface area is 150 Å². The zero-order chi connectivity index (χ0) is 18.9. The van der Waals surface area contributed by atoms with E-state index < -0.39 is 41.9 Å². The fraction of sp³-hybridized carbons (Fsp3) is 0.444. The van der Waals surface area contributed by atoms with Crippen LogP contribution in [0.2, 0.25) is 0 Å². The van der Waals surface area contributed by atoms with E-state index in [-0.39, 0.29) is 12.3 Å². The summed E-state index contributed by atoms with van der Waals surface area (Å²) in [7, 11) is 0. The maximum Gasteiger partial charge on any atom is 0.326 e. The molecule has 26 heavy (non-hydrogen) atoms. The van der Waals surface area contributed by atoms with Gasteiger partial charge in [0.2, 0.25) is 5.91 Å². The predicted octanol–water partition coefficient (Wildman–Crippen LogP) is 0.519. The van der Waals surface area contributed by atoms with Crippen LogP contribution in [0.25, 0.3) is 0 Å². The Kier molecular flexibility index (Phi) is 4.67. The lowest BCUT2D eigenvalue weighted by atomic mass is 9.96. The van der Waals surface area contributed by atoms with Gasteiger partial charge in [-0.3, -0.25) is 14.5 Å². The number of carboxylic acid groups (broad SMARTS) is 1. The van der Waals surface area contributed by atoms with E-state index in [1.807, 2.05) is 6.07 Å². The van der Waals surface area contributed by atoms with Gasteiger partial charge in [-0.25, -0.2) is 9.59 Å². The number of carbonyl (C=O) groups excluding carboxylic acids is 3. The lowest BCUT2D eigenvalue weighted by Crippen LogP contribution is -2.49. The number of nitrogens with one attached hydrogen (secondary N) is 2. The van der Waals surface area contributed by atoms with E-state index in [9.17, 15) is 24.3 Å². The van der Waals surface area contributed by atoms with E-state index in [0.717, 1.165) is 23.3 Å². The van der Waals surface area contributed by atoms with Gasteiger partial charge in [0.1, 0.15) is 18.1 Å². The van der Waals surface area contributed by atoms with Crippen molar-refractivity contribution in [1.29, 1.82) is 0 Å². The van der Waals surface area contributed by atoms with E-state index in [4.69, 9.17) is 0 Å². The number of carbonyl (C=O) groups is 4. The molecule has 138 valence electrons. The molecule has 1 aromatic carbocycles. The highest BCUT2D eigenvalue weighted by atomic mass is 16.4. The normalized spacial score (nSPS) is 23.5. The third-order valence-electron chi connectivity index (χ3n) is 4.91. The molecule has 1 heterocycles. The van der Waals surface area contributed by atoms with Crippen molar-refractivity contribution in [3.63, 3.8) is 0 Å². The first-order valence-electron chi connectivity index (χ1n) is 8.51. The molecule has 2 atom stereocenters. The van der Waals surface area contributed by atoms with Crippen LogP contribution in [-0.4, -0.2) is 51.9 Å². The molecule has 8 nitrogen and oxygen atoms in total. The molecule has 0 radical (unpaired) electrons. The quantitative estimate of drug-likeness (QED) is 0.614. The Balaban J connectivity index is 1.62. The monoisotopic (exact) mass is 359 g/mol. The number of benzene rings is 1. The number of nitrogens with zero attached hydrogens (tertiary/aromatic N) is 1.